The van der Waals surface area contributed by atoms with Gasteiger partial charge in [-0.15, -0.1) is 0 Å². The molecule has 0 amide bonds. The second kappa shape index (κ2) is 69.1. The molecule has 80 heavy (non-hydrogen) atoms. The Kier molecular flexibility index (Phi) is 67.1. The van der Waals surface area contributed by atoms with E-state index in [1.165, 1.54) is 289 Å². The van der Waals surface area contributed by atoms with E-state index in [-0.39, 0.29) is 31.1 Å². The van der Waals surface area contributed by atoms with Crippen LogP contribution in [0.3, 0.4) is 0 Å². The molecule has 470 valence electrons. The predicted molar refractivity (Wildman–Crippen MR) is 349 cm³/mol. The highest BCUT2D eigenvalue weighted by Gasteiger charge is 2.19. The number of carbonyl (C=O) groups is 3. The fourth-order valence-corrected chi connectivity index (χ4v) is 10.9. The third kappa shape index (κ3) is 66.4. The molecule has 0 spiro atoms. The predicted octanol–water partition coefficient (Wildman–Crippen LogP) is 24.7. The normalized spacial score (nSPS) is 12.2. The van der Waals surface area contributed by atoms with Crippen molar-refractivity contribution in [3.05, 3.63) is 36.5 Å². The van der Waals surface area contributed by atoms with E-state index in [0.717, 1.165) is 70.6 Å². The number of ether oxygens (including phenoxy) is 3. The number of hydrogen-bond acceptors (Lipinski definition) is 6. The molecule has 0 saturated carbocycles. The zero-order valence-electron chi connectivity index (χ0n) is 54.1. The average molecular weight is 1120 g/mol. The minimum atomic E-state index is -0.773. The van der Waals surface area contributed by atoms with Crippen molar-refractivity contribution in [2.75, 3.05) is 13.2 Å². The van der Waals surface area contributed by atoms with Gasteiger partial charge in [0.25, 0.3) is 0 Å². The topological polar surface area (TPSA) is 78.9 Å². The minimum absolute atomic E-state index is 0.0688. The summed E-state index contributed by atoms with van der Waals surface area (Å²) in [6.45, 7) is 6.70. The van der Waals surface area contributed by atoms with E-state index in [1.807, 2.05) is 0 Å². The fourth-order valence-electron chi connectivity index (χ4n) is 10.9. The highest BCUT2D eigenvalue weighted by Crippen LogP contribution is 2.18. The Morgan fingerprint density at radius 2 is 0.450 bits per heavy atom. The molecule has 0 aliphatic carbocycles. The largest absolute Gasteiger partial charge is 0.462 e. The molecule has 0 fully saturated rings. The van der Waals surface area contributed by atoms with Gasteiger partial charge in [-0.25, -0.2) is 0 Å². The van der Waals surface area contributed by atoms with Gasteiger partial charge in [-0.05, 0) is 77.0 Å². The van der Waals surface area contributed by atoms with Crippen LogP contribution >= 0.6 is 0 Å². The van der Waals surface area contributed by atoms with Crippen molar-refractivity contribution in [3.63, 3.8) is 0 Å². The molecule has 0 N–H and O–H groups in total. The molecule has 0 rings (SSSR count). The zero-order valence-corrected chi connectivity index (χ0v) is 54.1. The van der Waals surface area contributed by atoms with Crippen LogP contribution in [0.5, 0.6) is 0 Å². The summed E-state index contributed by atoms with van der Waals surface area (Å²) < 4.78 is 17.0. The van der Waals surface area contributed by atoms with E-state index in [9.17, 15) is 14.4 Å². The lowest BCUT2D eigenvalue weighted by Gasteiger charge is -2.18. The van der Waals surface area contributed by atoms with Gasteiger partial charge >= 0.3 is 17.9 Å². The molecule has 1 unspecified atom stereocenters. The SMILES string of the molecule is CCCCCCC/C=C\C/C=C\CCCCCCCCCCCCCCCCCCCC(=O)OCC(COC(=O)CCCCCCC/C=C\CCCCCCCCC)OC(=O)CCCCCCCCCCCCCCCCCCC. The van der Waals surface area contributed by atoms with Crippen molar-refractivity contribution in [1.82, 2.24) is 0 Å². The van der Waals surface area contributed by atoms with E-state index < -0.39 is 6.10 Å². The first kappa shape index (κ1) is 77.6. The minimum Gasteiger partial charge on any atom is -0.462 e. The monoisotopic (exact) mass is 1120 g/mol. The van der Waals surface area contributed by atoms with Crippen LogP contribution in [0.1, 0.15) is 400 Å². The van der Waals surface area contributed by atoms with Crippen LogP contribution < -0.4 is 0 Å². The Morgan fingerprint density at radius 3 is 0.700 bits per heavy atom. The Balaban J connectivity index is 4.21. The van der Waals surface area contributed by atoms with Crippen LogP contribution in [0.4, 0.5) is 0 Å². The summed E-state index contributed by atoms with van der Waals surface area (Å²) in [6.07, 6.45) is 86.0. The van der Waals surface area contributed by atoms with Crippen molar-refractivity contribution in [3.8, 4) is 0 Å². The molecule has 0 aliphatic rings. The van der Waals surface area contributed by atoms with E-state index in [0.29, 0.717) is 19.3 Å². The standard InChI is InChI=1S/C74H138O6/c1-4-7-10-13-16-19-22-25-28-31-32-33-34-35-36-37-38-39-40-41-42-44-46-49-52-55-58-61-64-67-73(76)79-70-71(69-78-72(75)66-63-60-57-54-51-48-45-30-27-24-21-18-15-12-9-6-3)80-74(77)68-65-62-59-56-53-50-47-43-29-26-23-20-17-14-11-8-5-2/h22,25,30-32,45,71H,4-21,23-24,26-29,33-44,46-70H2,1-3H3/b25-22-,32-31-,45-30-. The number of hydrogen-bond donors (Lipinski definition) is 0. The smallest absolute Gasteiger partial charge is 0.306 e. The fraction of sp³-hybridized carbons (Fsp3) is 0.878. The van der Waals surface area contributed by atoms with Gasteiger partial charge in [0, 0.05) is 19.3 Å². The third-order valence-electron chi connectivity index (χ3n) is 16.4. The van der Waals surface area contributed by atoms with Gasteiger partial charge in [0.1, 0.15) is 13.2 Å². The maximum Gasteiger partial charge on any atom is 0.306 e. The lowest BCUT2D eigenvalue weighted by molar-refractivity contribution is -0.167. The van der Waals surface area contributed by atoms with Crippen molar-refractivity contribution in [2.24, 2.45) is 0 Å². The first-order chi connectivity index (χ1) is 39.5. The van der Waals surface area contributed by atoms with Crippen molar-refractivity contribution in [1.29, 1.82) is 0 Å². The summed E-state index contributed by atoms with van der Waals surface area (Å²) in [5.74, 6) is -0.846. The molecule has 0 radical (unpaired) electrons. The molecule has 0 aromatic carbocycles. The summed E-state index contributed by atoms with van der Waals surface area (Å²) in [7, 11) is 0. The Hall–Kier alpha value is -2.37. The van der Waals surface area contributed by atoms with Crippen LogP contribution in [0.15, 0.2) is 36.5 Å². The summed E-state index contributed by atoms with van der Waals surface area (Å²) >= 11 is 0. The quantitative estimate of drug-likeness (QED) is 0.0261. The molecule has 0 aromatic rings. The van der Waals surface area contributed by atoms with E-state index in [2.05, 4.69) is 57.2 Å². The number of esters is 3. The van der Waals surface area contributed by atoms with Crippen LogP contribution in [-0.2, 0) is 28.6 Å². The van der Waals surface area contributed by atoms with Crippen LogP contribution in [-0.4, -0.2) is 37.2 Å². The molecule has 0 aromatic heterocycles. The summed E-state index contributed by atoms with van der Waals surface area (Å²) in [5.41, 5.74) is 0. The average Bonchev–Trinajstić information content (AvgIpc) is 3.46. The third-order valence-corrected chi connectivity index (χ3v) is 16.4. The van der Waals surface area contributed by atoms with Crippen LogP contribution in [0.25, 0.3) is 0 Å². The van der Waals surface area contributed by atoms with Gasteiger partial charge in [-0.2, -0.15) is 0 Å². The van der Waals surface area contributed by atoms with Crippen LogP contribution in [0.2, 0.25) is 0 Å². The highest BCUT2D eigenvalue weighted by atomic mass is 16.6. The number of carbonyl (C=O) groups excluding carboxylic acids is 3. The first-order valence-electron chi connectivity index (χ1n) is 36.0. The molecule has 6 heteroatoms. The zero-order chi connectivity index (χ0) is 57.8. The number of rotatable bonds is 67. The van der Waals surface area contributed by atoms with Gasteiger partial charge in [0.15, 0.2) is 6.10 Å². The summed E-state index contributed by atoms with van der Waals surface area (Å²) in [5, 5.41) is 0. The van der Waals surface area contributed by atoms with Gasteiger partial charge in [-0.3, -0.25) is 14.4 Å². The molecule has 0 heterocycles. The number of allylic oxidation sites excluding steroid dienone is 6. The van der Waals surface area contributed by atoms with Gasteiger partial charge in [-0.1, -0.05) is 340 Å². The van der Waals surface area contributed by atoms with E-state index in [1.54, 1.807) is 0 Å². The Morgan fingerprint density at radius 1 is 0.250 bits per heavy atom. The molecule has 0 bridgehead atoms. The molecular formula is C74H138O6. The second-order valence-electron chi connectivity index (χ2n) is 24.5. The Bertz CT molecular complexity index is 1340. The molecular weight excluding hydrogens is 985 g/mol. The first-order valence-corrected chi connectivity index (χ1v) is 36.0. The molecule has 0 saturated heterocycles. The lowest BCUT2D eigenvalue weighted by Crippen LogP contribution is -2.30. The van der Waals surface area contributed by atoms with Gasteiger partial charge in [0.2, 0.25) is 0 Å². The lowest BCUT2D eigenvalue weighted by atomic mass is 10.0. The van der Waals surface area contributed by atoms with Crippen molar-refractivity contribution in [2.45, 2.75) is 406 Å². The van der Waals surface area contributed by atoms with Gasteiger partial charge < -0.3 is 14.2 Å². The van der Waals surface area contributed by atoms with Crippen LogP contribution in [0, 0.1) is 0 Å². The molecule has 1 atom stereocenters. The molecule has 0 aliphatic heterocycles. The highest BCUT2D eigenvalue weighted by molar-refractivity contribution is 5.71. The van der Waals surface area contributed by atoms with Crippen molar-refractivity contribution >= 4 is 17.9 Å². The van der Waals surface area contributed by atoms with Crippen molar-refractivity contribution < 1.29 is 28.6 Å². The maximum atomic E-state index is 12.9. The second-order valence-corrected chi connectivity index (χ2v) is 24.5. The van der Waals surface area contributed by atoms with E-state index >= 15 is 0 Å². The van der Waals surface area contributed by atoms with E-state index in [4.69, 9.17) is 14.2 Å². The Labute approximate surface area is 499 Å². The van der Waals surface area contributed by atoms with Gasteiger partial charge in [0.05, 0.1) is 0 Å². The summed E-state index contributed by atoms with van der Waals surface area (Å²) in [6, 6.07) is 0. The number of unbranched alkanes of at least 4 members (excludes halogenated alkanes) is 50. The summed E-state index contributed by atoms with van der Waals surface area (Å²) in [4.78, 5) is 38.4. The molecule has 6 nitrogen and oxygen atoms in total. The maximum absolute atomic E-state index is 12.9.